The summed E-state index contributed by atoms with van der Waals surface area (Å²) >= 11 is 0. The number of benzene rings is 2. The van der Waals surface area contributed by atoms with Crippen molar-refractivity contribution < 1.29 is 4.74 Å². The third kappa shape index (κ3) is 7.38. The Morgan fingerprint density at radius 1 is 1.10 bits per heavy atom. The molecular weight excluding hydrogens is 372 g/mol. The van der Waals surface area contributed by atoms with E-state index in [-0.39, 0.29) is 5.41 Å². The summed E-state index contributed by atoms with van der Waals surface area (Å²) in [6.07, 6.45) is 0. The van der Waals surface area contributed by atoms with Crippen molar-refractivity contribution in [3.63, 3.8) is 0 Å². The summed E-state index contributed by atoms with van der Waals surface area (Å²) in [6.45, 7) is 15.6. The van der Waals surface area contributed by atoms with Crippen LogP contribution in [0.25, 0.3) is 0 Å². The van der Waals surface area contributed by atoms with Crippen LogP contribution in [-0.2, 0) is 6.61 Å². The lowest BCUT2D eigenvalue weighted by molar-refractivity contribution is 0.306. The van der Waals surface area contributed by atoms with Gasteiger partial charge in [-0.3, -0.25) is 4.99 Å². The van der Waals surface area contributed by atoms with E-state index in [1.807, 2.05) is 24.3 Å². The van der Waals surface area contributed by atoms with Crippen molar-refractivity contribution in [2.75, 3.05) is 25.0 Å². The minimum atomic E-state index is -0.0308. The van der Waals surface area contributed by atoms with Crippen molar-refractivity contribution in [1.29, 1.82) is 0 Å². The molecule has 0 aliphatic rings. The molecule has 0 atom stereocenters. The number of nitrogens with zero attached hydrogens (tertiary/aromatic N) is 2. The summed E-state index contributed by atoms with van der Waals surface area (Å²) < 4.78 is 5.92. The lowest BCUT2D eigenvalue weighted by atomic mass is 9.94. The van der Waals surface area contributed by atoms with E-state index in [0.717, 1.165) is 29.5 Å². The largest absolute Gasteiger partial charge is 0.489 e. The Hall–Kier alpha value is -2.53. The van der Waals surface area contributed by atoms with Gasteiger partial charge in [0, 0.05) is 24.8 Å². The van der Waals surface area contributed by atoms with Gasteiger partial charge in [0.2, 0.25) is 0 Å². The minimum absolute atomic E-state index is 0.0308. The van der Waals surface area contributed by atoms with Crippen LogP contribution in [0.4, 0.5) is 5.69 Å². The first-order chi connectivity index (χ1) is 14.2. The molecule has 0 aromatic heterocycles. The van der Waals surface area contributed by atoms with E-state index in [9.17, 15) is 0 Å². The van der Waals surface area contributed by atoms with E-state index in [4.69, 9.17) is 15.5 Å². The van der Waals surface area contributed by atoms with Crippen LogP contribution in [0.2, 0.25) is 0 Å². The maximum atomic E-state index is 5.92. The number of nitrogens with two attached hydrogens (primary N) is 1. The first kappa shape index (κ1) is 23.7. The molecule has 0 aliphatic carbocycles. The van der Waals surface area contributed by atoms with E-state index in [0.29, 0.717) is 25.7 Å². The summed E-state index contributed by atoms with van der Waals surface area (Å²) in [5, 5.41) is 3.49. The zero-order valence-electron chi connectivity index (χ0n) is 19.4. The number of nitrogens with one attached hydrogen (secondary N) is 1. The number of aliphatic imine (C=N–C) groups is 1. The normalized spacial score (nSPS) is 12.2. The van der Waals surface area contributed by atoms with Crippen LogP contribution < -0.4 is 15.8 Å². The molecule has 0 radical (unpaired) electrons. The third-order valence-corrected chi connectivity index (χ3v) is 5.08. The van der Waals surface area contributed by atoms with Crippen LogP contribution in [0, 0.1) is 12.3 Å². The Labute approximate surface area is 182 Å². The molecule has 0 bridgehead atoms. The molecule has 0 unspecified atom stereocenters. The fourth-order valence-electron chi connectivity index (χ4n) is 2.93. The molecule has 0 aliphatic heterocycles. The van der Waals surface area contributed by atoms with Crippen molar-refractivity contribution >= 4 is 11.6 Å². The van der Waals surface area contributed by atoms with Gasteiger partial charge >= 0.3 is 0 Å². The van der Waals surface area contributed by atoms with Crippen LogP contribution in [0.3, 0.4) is 0 Å². The van der Waals surface area contributed by atoms with Crippen LogP contribution in [0.5, 0.6) is 5.75 Å². The van der Waals surface area contributed by atoms with Crippen LogP contribution >= 0.6 is 0 Å². The minimum Gasteiger partial charge on any atom is -0.489 e. The van der Waals surface area contributed by atoms with Crippen LogP contribution in [0.1, 0.15) is 45.7 Å². The molecule has 0 heterocycles. The second kappa shape index (κ2) is 11.0. The molecule has 0 saturated heterocycles. The van der Waals surface area contributed by atoms with Gasteiger partial charge in [0.05, 0.1) is 0 Å². The highest BCUT2D eigenvalue weighted by Crippen LogP contribution is 2.19. The van der Waals surface area contributed by atoms with Crippen molar-refractivity contribution in [3.05, 3.63) is 59.7 Å². The number of aryl methyl sites for hydroxylation is 1. The maximum absolute atomic E-state index is 5.92. The SMILES string of the molecule is CCN(C(=NCC(C)(C)CN)Nc1ccc(OCc2ccc(C)cc2)cc1)C(C)C. The molecule has 2 rings (SSSR count). The molecule has 3 N–H and O–H groups in total. The van der Waals surface area contributed by atoms with E-state index in [2.05, 4.69) is 76.0 Å². The van der Waals surface area contributed by atoms with Gasteiger partial charge < -0.3 is 20.7 Å². The maximum Gasteiger partial charge on any atom is 0.198 e. The average molecular weight is 411 g/mol. The van der Waals surface area contributed by atoms with Gasteiger partial charge in [0.1, 0.15) is 12.4 Å². The van der Waals surface area contributed by atoms with Crippen molar-refractivity contribution in [1.82, 2.24) is 4.90 Å². The Kier molecular flexibility index (Phi) is 8.72. The molecule has 164 valence electrons. The number of hydrogen-bond acceptors (Lipinski definition) is 3. The molecular formula is C25H38N4O. The predicted octanol–water partition coefficient (Wildman–Crippen LogP) is 5.06. The Balaban J connectivity index is 2.07. The molecule has 2 aromatic rings. The molecule has 2 aromatic carbocycles. The first-order valence-electron chi connectivity index (χ1n) is 10.8. The standard InChI is InChI=1S/C25H38N4O/c1-7-29(19(2)3)24(27-18-25(5,6)17-26)28-22-12-14-23(15-13-22)30-16-21-10-8-20(4)9-11-21/h8-15,19H,7,16-18,26H2,1-6H3,(H,27,28). The second-order valence-electron chi connectivity index (χ2n) is 8.81. The number of rotatable bonds is 9. The zero-order chi connectivity index (χ0) is 22.1. The van der Waals surface area contributed by atoms with Crippen molar-refractivity contribution in [2.45, 2.75) is 54.2 Å². The van der Waals surface area contributed by atoms with E-state index in [1.165, 1.54) is 5.56 Å². The second-order valence-corrected chi connectivity index (χ2v) is 8.81. The summed E-state index contributed by atoms with van der Waals surface area (Å²) in [5.41, 5.74) is 9.26. The van der Waals surface area contributed by atoms with E-state index < -0.39 is 0 Å². The zero-order valence-corrected chi connectivity index (χ0v) is 19.4. The van der Waals surface area contributed by atoms with Gasteiger partial charge in [-0.15, -0.1) is 0 Å². The van der Waals surface area contributed by atoms with Gasteiger partial charge in [-0.25, -0.2) is 0 Å². The van der Waals surface area contributed by atoms with Gasteiger partial charge in [0.25, 0.3) is 0 Å². The highest BCUT2D eigenvalue weighted by molar-refractivity contribution is 5.94. The summed E-state index contributed by atoms with van der Waals surface area (Å²) in [4.78, 5) is 7.14. The number of ether oxygens (including phenoxy) is 1. The molecule has 0 spiro atoms. The quantitative estimate of drug-likeness (QED) is 0.448. The fourth-order valence-corrected chi connectivity index (χ4v) is 2.93. The highest BCUT2D eigenvalue weighted by atomic mass is 16.5. The fraction of sp³-hybridized carbons (Fsp3) is 0.480. The lowest BCUT2D eigenvalue weighted by Crippen LogP contribution is -2.42. The van der Waals surface area contributed by atoms with Crippen molar-refractivity contribution in [3.8, 4) is 5.75 Å². The third-order valence-electron chi connectivity index (χ3n) is 5.08. The summed E-state index contributed by atoms with van der Waals surface area (Å²) in [5.74, 6) is 1.72. The smallest absolute Gasteiger partial charge is 0.198 e. The number of hydrogen-bond donors (Lipinski definition) is 2. The van der Waals surface area contributed by atoms with E-state index >= 15 is 0 Å². The number of anilines is 1. The molecule has 5 nitrogen and oxygen atoms in total. The number of guanidine groups is 1. The topological polar surface area (TPSA) is 62.9 Å². The summed E-state index contributed by atoms with van der Waals surface area (Å²) in [6, 6.07) is 16.8. The van der Waals surface area contributed by atoms with E-state index in [1.54, 1.807) is 0 Å². The molecule has 0 fully saturated rings. The highest BCUT2D eigenvalue weighted by Gasteiger charge is 2.18. The van der Waals surface area contributed by atoms with Gasteiger partial charge in [-0.2, -0.15) is 0 Å². The Morgan fingerprint density at radius 2 is 1.73 bits per heavy atom. The van der Waals surface area contributed by atoms with Crippen LogP contribution in [-0.4, -0.2) is 36.5 Å². The van der Waals surface area contributed by atoms with Crippen LogP contribution in [0.15, 0.2) is 53.5 Å². The van der Waals surface area contributed by atoms with Gasteiger partial charge in [0.15, 0.2) is 5.96 Å². The summed E-state index contributed by atoms with van der Waals surface area (Å²) in [7, 11) is 0. The van der Waals surface area contributed by atoms with Gasteiger partial charge in [-0.1, -0.05) is 43.7 Å². The molecule has 0 amide bonds. The average Bonchev–Trinajstić information content (AvgIpc) is 2.73. The Bertz CT molecular complexity index is 795. The Morgan fingerprint density at radius 3 is 2.27 bits per heavy atom. The monoisotopic (exact) mass is 410 g/mol. The molecule has 5 heteroatoms. The van der Waals surface area contributed by atoms with Crippen molar-refractivity contribution in [2.24, 2.45) is 16.1 Å². The first-order valence-corrected chi connectivity index (χ1v) is 10.8. The van der Waals surface area contributed by atoms with Gasteiger partial charge in [-0.05, 0) is 69.5 Å². The molecule has 30 heavy (non-hydrogen) atoms. The lowest BCUT2D eigenvalue weighted by Gasteiger charge is -2.30. The predicted molar refractivity (Wildman–Crippen MR) is 128 cm³/mol. The molecule has 0 saturated carbocycles.